The van der Waals surface area contributed by atoms with Crippen LogP contribution in [0.2, 0.25) is 0 Å². The van der Waals surface area contributed by atoms with Crippen molar-refractivity contribution in [1.29, 1.82) is 0 Å². The highest BCUT2D eigenvalue weighted by atomic mass is 16.2. The Labute approximate surface area is 153 Å². The Bertz CT molecular complexity index is 783. The number of hydrogen-bond donors (Lipinski definition) is 1. The highest BCUT2D eigenvalue weighted by Crippen LogP contribution is 2.15. The van der Waals surface area contributed by atoms with Gasteiger partial charge in [0.05, 0.1) is 6.42 Å². The predicted molar refractivity (Wildman–Crippen MR) is 100 cm³/mol. The van der Waals surface area contributed by atoms with E-state index in [2.05, 4.69) is 20.4 Å². The van der Waals surface area contributed by atoms with Crippen molar-refractivity contribution in [2.75, 3.05) is 36.4 Å². The number of amides is 2. The summed E-state index contributed by atoms with van der Waals surface area (Å²) in [5, 5.41) is 11.1. The lowest BCUT2D eigenvalue weighted by Gasteiger charge is -2.34. The molecule has 0 unspecified atom stereocenters. The third-order valence-electron chi connectivity index (χ3n) is 4.58. The normalized spacial score (nSPS) is 14.2. The van der Waals surface area contributed by atoms with Gasteiger partial charge in [0, 0.05) is 33.1 Å². The van der Waals surface area contributed by atoms with Crippen LogP contribution in [0.5, 0.6) is 0 Å². The maximum Gasteiger partial charge on any atom is 0.230 e. The summed E-state index contributed by atoms with van der Waals surface area (Å²) in [7, 11) is 0. The molecule has 136 valence electrons. The molecule has 2 aromatic rings. The minimum atomic E-state index is -0.114. The molecule has 1 aliphatic rings. The van der Waals surface area contributed by atoms with Gasteiger partial charge in [-0.15, -0.1) is 10.2 Å². The lowest BCUT2D eigenvalue weighted by atomic mass is 10.1. The molecule has 1 aromatic carbocycles. The Balaban J connectivity index is 1.55. The van der Waals surface area contributed by atoms with E-state index in [-0.39, 0.29) is 11.8 Å². The van der Waals surface area contributed by atoms with Gasteiger partial charge in [-0.3, -0.25) is 9.59 Å². The molecule has 3 rings (SSSR count). The maximum absolute atomic E-state index is 12.2. The van der Waals surface area contributed by atoms with Gasteiger partial charge in [0.15, 0.2) is 11.6 Å². The molecule has 2 heterocycles. The fraction of sp³-hybridized carbons (Fsp3) is 0.368. The SMILES string of the molecule is CC(=O)N1CCN(c2ccc(NC(=O)Cc3ccccc3C)nn2)CC1. The van der Waals surface area contributed by atoms with Crippen LogP contribution in [0.1, 0.15) is 18.1 Å². The van der Waals surface area contributed by atoms with Crippen LogP contribution in [0.25, 0.3) is 0 Å². The van der Waals surface area contributed by atoms with Crippen molar-refractivity contribution in [3.8, 4) is 0 Å². The van der Waals surface area contributed by atoms with Crippen LogP contribution in [0.3, 0.4) is 0 Å². The van der Waals surface area contributed by atoms with Gasteiger partial charge in [-0.2, -0.15) is 0 Å². The summed E-state index contributed by atoms with van der Waals surface area (Å²) >= 11 is 0. The first-order valence-electron chi connectivity index (χ1n) is 8.71. The zero-order valence-electron chi connectivity index (χ0n) is 15.1. The third kappa shape index (κ3) is 4.36. The van der Waals surface area contributed by atoms with Gasteiger partial charge in [0.25, 0.3) is 0 Å². The first-order valence-corrected chi connectivity index (χ1v) is 8.71. The van der Waals surface area contributed by atoms with Crippen LogP contribution in [0.15, 0.2) is 36.4 Å². The summed E-state index contributed by atoms with van der Waals surface area (Å²) in [6.45, 7) is 6.41. The van der Waals surface area contributed by atoms with E-state index in [1.165, 1.54) is 0 Å². The van der Waals surface area contributed by atoms with E-state index in [0.29, 0.717) is 25.3 Å². The van der Waals surface area contributed by atoms with Gasteiger partial charge in [-0.1, -0.05) is 24.3 Å². The second kappa shape index (κ2) is 7.95. The molecule has 1 aliphatic heterocycles. The van der Waals surface area contributed by atoms with Crippen LogP contribution >= 0.6 is 0 Å². The zero-order valence-corrected chi connectivity index (χ0v) is 15.1. The number of carbonyl (C=O) groups excluding carboxylic acids is 2. The summed E-state index contributed by atoms with van der Waals surface area (Å²) in [5.74, 6) is 1.18. The van der Waals surface area contributed by atoms with E-state index in [1.807, 2.05) is 42.2 Å². The molecule has 0 saturated carbocycles. The van der Waals surface area contributed by atoms with Gasteiger partial charge in [-0.25, -0.2) is 0 Å². The topological polar surface area (TPSA) is 78.4 Å². The van der Waals surface area contributed by atoms with Crippen LogP contribution in [0, 0.1) is 6.92 Å². The number of hydrogen-bond acceptors (Lipinski definition) is 5. The first kappa shape index (κ1) is 17.8. The molecule has 1 fully saturated rings. The van der Waals surface area contributed by atoms with E-state index in [9.17, 15) is 9.59 Å². The van der Waals surface area contributed by atoms with Crippen LogP contribution in [0.4, 0.5) is 11.6 Å². The van der Waals surface area contributed by atoms with E-state index >= 15 is 0 Å². The molecule has 0 spiro atoms. The van der Waals surface area contributed by atoms with Crippen molar-refractivity contribution in [3.05, 3.63) is 47.5 Å². The Morgan fingerprint density at radius 1 is 1.04 bits per heavy atom. The summed E-state index contributed by atoms with van der Waals surface area (Å²) in [5.41, 5.74) is 2.09. The second-order valence-corrected chi connectivity index (χ2v) is 6.42. The van der Waals surface area contributed by atoms with Crippen LogP contribution < -0.4 is 10.2 Å². The van der Waals surface area contributed by atoms with E-state index in [4.69, 9.17) is 0 Å². The van der Waals surface area contributed by atoms with Gasteiger partial charge in [-0.05, 0) is 30.2 Å². The zero-order chi connectivity index (χ0) is 18.5. The molecule has 0 bridgehead atoms. The largest absolute Gasteiger partial charge is 0.352 e. The number of nitrogens with zero attached hydrogens (tertiary/aromatic N) is 4. The molecule has 1 N–H and O–H groups in total. The lowest BCUT2D eigenvalue weighted by Crippen LogP contribution is -2.48. The van der Waals surface area contributed by atoms with Crippen molar-refractivity contribution in [1.82, 2.24) is 15.1 Å². The monoisotopic (exact) mass is 353 g/mol. The number of benzene rings is 1. The summed E-state index contributed by atoms with van der Waals surface area (Å²) < 4.78 is 0. The van der Waals surface area contributed by atoms with Gasteiger partial charge in [0.2, 0.25) is 11.8 Å². The number of piperazine rings is 1. The van der Waals surface area contributed by atoms with Crippen molar-refractivity contribution < 1.29 is 9.59 Å². The first-order chi connectivity index (χ1) is 12.5. The van der Waals surface area contributed by atoms with Crippen LogP contribution in [-0.2, 0) is 16.0 Å². The van der Waals surface area contributed by atoms with Crippen molar-refractivity contribution in [3.63, 3.8) is 0 Å². The number of aryl methyl sites for hydroxylation is 1. The molecule has 1 aromatic heterocycles. The van der Waals surface area contributed by atoms with Gasteiger partial charge in [0.1, 0.15) is 0 Å². The van der Waals surface area contributed by atoms with Crippen LogP contribution in [-0.4, -0.2) is 53.1 Å². The minimum Gasteiger partial charge on any atom is -0.352 e. The van der Waals surface area contributed by atoms with E-state index in [1.54, 1.807) is 13.0 Å². The second-order valence-electron chi connectivity index (χ2n) is 6.42. The number of aromatic nitrogens is 2. The van der Waals surface area contributed by atoms with E-state index < -0.39 is 0 Å². The fourth-order valence-electron chi connectivity index (χ4n) is 2.98. The van der Waals surface area contributed by atoms with Crippen molar-refractivity contribution >= 4 is 23.5 Å². The number of rotatable bonds is 4. The standard InChI is InChI=1S/C19H23N5O2/c1-14-5-3-4-6-16(14)13-19(26)20-17-7-8-18(22-21-17)24-11-9-23(10-12-24)15(2)25/h3-8H,9-13H2,1-2H3,(H,20,21,26). The van der Waals surface area contributed by atoms with Crippen molar-refractivity contribution in [2.45, 2.75) is 20.3 Å². The molecule has 0 aliphatic carbocycles. The average Bonchev–Trinajstić information content (AvgIpc) is 2.64. The Morgan fingerprint density at radius 2 is 1.77 bits per heavy atom. The van der Waals surface area contributed by atoms with Crippen molar-refractivity contribution in [2.24, 2.45) is 0 Å². The average molecular weight is 353 g/mol. The molecule has 7 nitrogen and oxygen atoms in total. The molecule has 1 saturated heterocycles. The Kier molecular flexibility index (Phi) is 5.46. The van der Waals surface area contributed by atoms with Gasteiger partial charge >= 0.3 is 0 Å². The van der Waals surface area contributed by atoms with E-state index in [0.717, 1.165) is 30.0 Å². The maximum atomic E-state index is 12.2. The summed E-state index contributed by atoms with van der Waals surface area (Å²) in [4.78, 5) is 27.5. The molecular formula is C19H23N5O2. The Morgan fingerprint density at radius 3 is 2.38 bits per heavy atom. The number of anilines is 2. The smallest absolute Gasteiger partial charge is 0.230 e. The summed E-state index contributed by atoms with van der Waals surface area (Å²) in [6.07, 6.45) is 0.309. The highest BCUT2D eigenvalue weighted by Gasteiger charge is 2.19. The summed E-state index contributed by atoms with van der Waals surface area (Å²) in [6, 6.07) is 11.4. The number of carbonyl (C=O) groups is 2. The molecule has 0 atom stereocenters. The number of nitrogens with one attached hydrogen (secondary N) is 1. The quantitative estimate of drug-likeness (QED) is 0.904. The fourth-order valence-corrected chi connectivity index (χ4v) is 2.98. The van der Waals surface area contributed by atoms with Gasteiger partial charge < -0.3 is 15.1 Å². The molecule has 26 heavy (non-hydrogen) atoms. The predicted octanol–water partition coefficient (Wildman–Crippen LogP) is 1.63. The molecule has 7 heteroatoms. The molecular weight excluding hydrogens is 330 g/mol. The molecule has 0 radical (unpaired) electrons. The third-order valence-corrected chi connectivity index (χ3v) is 4.58. The minimum absolute atomic E-state index is 0.0995. The highest BCUT2D eigenvalue weighted by molar-refractivity contribution is 5.91. The lowest BCUT2D eigenvalue weighted by molar-refractivity contribution is -0.129. The Hall–Kier alpha value is -2.96. The molecule has 2 amide bonds.